The number of hydrogen-bond donors (Lipinski definition) is 0. The van der Waals surface area contributed by atoms with Crippen LogP contribution in [0, 0.1) is 0 Å². The molecule has 2 fully saturated rings. The Balaban J connectivity index is 1.85. The zero-order chi connectivity index (χ0) is 28.0. The smallest absolute Gasteiger partial charge is 0.346 e. The van der Waals surface area contributed by atoms with Crippen molar-refractivity contribution in [1.82, 2.24) is 0 Å². The van der Waals surface area contributed by atoms with Crippen LogP contribution in [0.1, 0.15) is 64.9 Å². The summed E-state index contributed by atoms with van der Waals surface area (Å²) >= 11 is 0. The van der Waals surface area contributed by atoms with Gasteiger partial charge in [-0.2, -0.15) is 0 Å². The van der Waals surface area contributed by atoms with Crippen molar-refractivity contribution in [2.75, 3.05) is 39.6 Å². The maximum Gasteiger partial charge on any atom is 0.346 e. The molecule has 0 aliphatic carbocycles. The lowest BCUT2D eigenvalue weighted by atomic mass is 9.99. The minimum absolute atomic E-state index is 0.333. The van der Waals surface area contributed by atoms with Crippen LogP contribution in [0.5, 0.6) is 0 Å². The number of ether oxygens (including phenoxy) is 9. The molecule has 9 heteroatoms. The van der Waals surface area contributed by atoms with Gasteiger partial charge in [0.15, 0.2) is 0 Å². The predicted octanol–water partition coefficient (Wildman–Crippen LogP) is 5.47. The normalized spacial score (nSPS) is 26.2. The van der Waals surface area contributed by atoms with Gasteiger partial charge in [0, 0.05) is 39.6 Å². The van der Waals surface area contributed by atoms with Gasteiger partial charge in [-0.1, -0.05) is 60.7 Å². The number of epoxide rings is 2. The first-order valence-electron chi connectivity index (χ1n) is 14.0. The van der Waals surface area contributed by atoms with Crippen molar-refractivity contribution < 1.29 is 42.6 Å². The third-order valence-corrected chi connectivity index (χ3v) is 6.56. The number of benzene rings is 2. The van der Waals surface area contributed by atoms with Crippen molar-refractivity contribution in [2.45, 2.75) is 77.3 Å². The van der Waals surface area contributed by atoms with E-state index in [2.05, 4.69) is 0 Å². The molecule has 216 valence electrons. The van der Waals surface area contributed by atoms with Crippen LogP contribution in [-0.4, -0.2) is 63.2 Å². The molecule has 2 aliphatic rings. The molecule has 0 spiro atoms. The summed E-state index contributed by atoms with van der Waals surface area (Å²) in [6, 6.07) is 19.4. The summed E-state index contributed by atoms with van der Waals surface area (Å²) < 4.78 is 56.4. The highest BCUT2D eigenvalue weighted by molar-refractivity contribution is 5.28. The fourth-order valence-electron chi connectivity index (χ4n) is 5.12. The minimum Gasteiger partial charge on any atom is -0.354 e. The van der Waals surface area contributed by atoms with Gasteiger partial charge in [0.2, 0.25) is 0 Å². The highest BCUT2D eigenvalue weighted by Crippen LogP contribution is 2.64. The van der Waals surface area contributed by atoms with Crippen LogP contribution in [0.4, 0.5) is 0 Å². The molecule has 2 heterocycles. The van der Waals surface area contributed by atoms with Gasteiger partial charge >= 0.3 is 11.9 Å². The lowest BCUT2D eigenvalue weighted by Gasteiger charge is -2.34. The Morgan fingerprint density at radius 1 is 0.487 bits per heavy atom. The van der Waals surface area contributed by atoms with E-state index in [9.17, 15) is 0 Å². The third kappa shape index (κ3) is 5.40. The maximum atomic E-state index is 7.06. The molecule has 2 aromatic carbocycles. The lowest BCUT2D eigenvalue weighted by Crippen LogP contribution is -2.44. The summed E-state index contributed by atoms with van der Waals surface area (Å²) in [7, 11) is 0. The third-order valence-electron chi connectivity index (χ3n) is 6.56. The second-order valence-corrected chi connectivity index (χ2v) is 8.97. The van der Waals surface area contributed by atoms with Crippen molar-refractivity contribution in [2.24, 2.45) is 0 Å². The van der Waals surface area contributed by atoms with Crippen LogP contribution < -0.4 is 0 Å². The molecule has 2 aliphatic heterocycles. The molecule has 4 rings (SSSR count). The van der Waals surface area contributed by atoms with E-state index in [1.807, 2.05) is 102 Å². The summed E-state index contributed by atoms with van der Waals surface area (Å²) in [4.78, 5) is 0. The van der Waals surface area contributed by atoms with Gasteiger partial charge in [-0.15, -0.1) is 0 Å². The molecule has 0 saturated carbocycles. The zero-order valence-electron chi connectivity index (χ0n) is 23.8. The topological polar surface area (TPSA) is 89.7 Å². The molecular weight excluding hydrogens is 504 g/mol. The molecular formula is C30H42O9. The van der Waals surface area contributed by atoms with E-state index in [0.717, 1.165) is 11.1 Å². The molecule has 0 radical (unpaired) electrons. The van der Waals surface area contributed by atoms with Gasteiger partial charge in [0.1, 0.15) is 12.2 Å². The predicted molar refractivity (Wildman–Crippen MR) is 142 cm³/mol. The molecule has 4 unspecified atom stereocenters. The van der Waals surface area contributed by atoms with Gasteiger partial charge < -0.3 is 33.2 Å². The van der Waals surface area contributed by atoms with E-state index in [1.165, 1.54) is 0 Å². The summed E-state index contributed by atoms with van der Waals surface area (Å²) in [6.45, 7) is 13.4. The second kappa shape index (κ2) is 12.7. The minimum atomic E-state index is -1.45. The van der Waals surface area contributed by atoms with Gasteiger partial charge in [-0.05, 0) is 52.7 Å². The quantitative estimate of drug-likeness (QED) is 0.178. The van der Waals surface area contributed by atoms with Crippen LogP contribution >= 0.6 is 0 Å². The van der Waals surface area contributed by atoms with Gasteiger partial charge in [0.05, 0.1) is 0 Å². The van der Waals surface area contributed by atoms with Crippen LogP contribution in [0.25, 0.3) is 0 Å². The van der Waals surface area contributed by atoms with Gasteiger partial charge in [0.25, 0.3) is 11.6 Å². The molecule has 0 amide bonds. The summed E-state index contributed by atoms with van der Waals surface area (Å²) in [5.41, 5.74) is 1.61. The Bertz CT molecular complexity index is 926. The van der Waals surface area contributed by atoms with Gasteiger partial charge in [-0.3, -0.25) is 9.47 Å². The van der Waals surface area contributed by atoms with E-state index < -0.39 is 35.7 Å². The molecule has 9 nitrogen and oxygen atoms in total. The van der Waals surface area contributed by atoms with Crippen LogP contribution in [0.3, 0.4) is 0 Å². The van der Waals surface area contributed by atoms with Crippen molar-refractivity contribution >= 4 is 0 Å². The van der Waals surface area contributed by atoms with E-state index in [0.29, 0.717) is 39.6 Å². The van der Waals surface area contributed by atoms with Gasteiger partial charge in [-0.25, -0.2) is 0 Å². The highest BCUT2D eigenvalue weighted by Gasteiger charge is 2.84. The first kappa shape index (κ1) is 30.0. The standard InChI is InChI=1S/C30H42O9/c1-7-31-27(29(38-27,33-9-3)34-10-4)25(23-19-15-13-16-20-23)37-26(24-21-17-14-18-22-24)28(32-8-2)30(39-28,35-11-5)36-12-6/h13-22,25-26H,7-12H2,1-6H3. The number of hydrogen-bond acceptors (Lipinski definition) is 9. The summed E-state index contributed by atoms with van der Waals surface area (Å²) in [5.74, 6) is -5.70. The Morgan fingerprint density at radius 3 is 1.08 bits per heavy atom. The van der Waals surface area contributed by atoms with Crippen molar-refractivity contribution in [3.63, 3.8) is 0 Å². The Morgan fingerprint density at radius 2 is 0.795 bits per heavy atom. The zero-order valence-corrected chi connectivity index (χ0v) is 23.8. The summed E-state index contributed by atoms with van der Waals surface area (Å²) in [6.07, 6.45) is -1.63. The van der Waals surface area contributed by atoms with E-state index in [4.69, 9.17) is 42.6 Å². The molecule has 2 aromatic rings. The molecule has 0 aromatic heterocycles. The summed E-state index contributed by atoms with van der Waals surface area (Å²) in [5, 5.41) is 0. The molecule has 4 atom stereocenters. The fourth-order valence-corrected chi connectivity index (χ4v) is 5.12. The second-order valence-electron chi connectivity index (χ2n) is 8.97. The van der Waals surface area contributed by atoms with Crippen LogP contribution in [0.2, 0.25) is 0 Å². The Hall–Kier alpha value is -1.92. The molecule has 0 N–H and O–H groups in total. The van der Waals surface area contributed by atoms with E-state index in [1.54, 1.807) is 0 Å². The van der Waals surface area contributed by atoms with Crippen molar-refractivity contribution in [3.05, 3.63) is 71.8 Å². The van der Waals surface area contributed by atoms with Crippen molar-refractivity contribution in [1.29, 1.82) is 0 Å². The van der Waals surface area contributed by atoms with E-state index in [-0.39, 0.29) is 0 Å². The van der Waals surface area contributed by atoms with Crippen molar-refractivity contribution in [3.8, 4) is 0 Å². The molecule has 39 heavy (non-hydrogen) atoms. The van der Waals surface area contributed by atoms with E-state index >= 15 is 0 Å². The Kier molecular flexibility index (Phi) is 9.80. The monoisotopic (exact) mass is 546 g/mol. The number of rotatable bonds is 18. The Labute approximate surface area is 231 Å². The first-order chi connectivity index (χ1) is 19.0. The average molecular weight is 547 g/mol. The maximum absolute atomic E-state index is 7.06. The average Bonchev–Trinajstić information content (AvgIpc) is 3.77. The van der Waals surface area contributed by atoms with Crippen LogP contribution in [-0.2, 0) is 42.6 Å². The largest absolute Gasteiger partial charge is 0.354 e. The van der Waals surface area contributed by atoms with Crippen LogP contribution in [0.15, 0.2) is 60.7 Å². The first-order valence-corrected chi connectivity index (χ1v) is 14.0. The fraction of sp³-hybridized carbons (Fsp3) is 0.600. The highest BCUT2D eigenvalue weighted by atomic mass is 17.0. The molecule has 0 bridgehead atoms. The lowest BCUT2D eigenvalue weighted by molar-refractivity contribution is -0.268. The SMILES string of the molecule is CCOC1(OCC)OC1(OCC)C(OC(c1ccccc1)C1(OCC)OC1(OCC)OCC)c1ccccc1. The molecule has 2 saturated heterocycles.